The number of carbonyl (C=O) groups excluding carboxylic acids is 2. The highest BCUT2D eigenvalue weighted by Crippen LogP contribution is 2.21. The number of aliphatic carboxylic acids is 1. The highest BCUT2D eigenvalue weighted by molar-refractivity contribution is 5.94. The molecule has 3 N–H and O–H groups in total. The number of ether oxygens (including phenoxy) is 1. The monoisotopic (exact) mass is 292 g/mol. The van der Waals surface area contributed by atoms with Gasteiger partial charge >= 0.3 is 5.97 Å². The second kappa shape index (κ2) is 7.68. The maximum Gasteiger partial charge on any atom is 0.328 e. The van der Waals surface area contributed by atoms with Gasteiger partial charge in [0.2, 0.25) is 0 Å². The van der Waals surface area contributed by atoms with Crippen molar-refractivity contribution in [3.8, 4) is 5.75 Å². The number of nitrogens with one attached hydrogen (secondary N) is 2. The molecule has 0 aliphatic rings. The van der Waals surface area contributed by atoms with Crippen LogP contribution in [0.2, 0.25) is 0 Å². The second-order valence-electron chi connectivity index (χ2n) is 4.22. The first-order valence-corrected chi connectivity index (χ1v) is 6.09. The van der Waals surface area contributed by atoms with E-state index in [1.54, 1.807) is 0 Å². The van der Waals surface area contributed by atoms with Gasteiger partial charge in [-0.25, -0.2) is 4.79 Å². The molecule has 0 aliphatic heterocycles. The smallest absolute Gasteiger partial charge is 0.328 e. The van der Waals surface area contributed by atoms with Crippen molar-refractivity contribution in [2.24, 2.45) is 0 Å². The summed E-state index contributed by atoms with van der Waals surface area (Å²) in [5.74, 6) is -1.95. The Morgan fingerprint density at radius 1 is 1.14 bits per heavy atom. The summed E-state index contributed by atoms with van der Waals surface area (Å²) < 4.78 is 5.38. The maximum absolute atomic E-state index is 11.5. The zero-order valence-corrected chi connectivity index (χ0v) is 11.7. The van der Waals surface area contributed by atoms with Crippen LogP contribution in [0.1, 0.15) is 11.1 Å². The second-order valence-corrected chi connectivity index (χ2v) is 4.22. The zero-order chi connectivity index (χ0) is 15.8. The van der Waals surface area contributed by atoms with Crippen LogP contribution in [0.3, 0.4) is 0 Å². The lowest BCUT2D eigenvalue weighted by Crippen LogP contribution is -2.43. The number of rotatable bonds is 5. The molecule has 1 aromatic rings. The summed E-state index contributed by atoms with van der Waals surface area (Å²) in [6.45, 7) is 3.45. The van der Waals surface area contributed by atoms with Crippen LogP contribution in [0.15, 0.2) is 30.4 Å². The summed E-state index contributed by atoms with van der Waals surface area (Å²) in [5, 5.41) is 8.33. The van der Waals surface area contributed by atoms with E-state index in [4.69, 9.17) is 9.84 Å². The molecule has 0 aliphatic carbocycles. The van der Waals surface area contributed by atoms with Crippen molar-refractivity contribution in [3.63, 3.8) is 0 Å². The molecule has 1 aromatic carbocycles. The average molecular weight is 292 g/mol. The number of aryl methyl sites for hydroxylation is 2. The van der Waals surface area contributed by atoms with Crippen molar-refractivity contribution in [2.75, 3.05) is 6.61 Å². The molecule has 0 atom stereocenters. The summed E-state index contributed by atoms with van der Waals surface area (Å²) in [4.78, 5) is 32.8. The lowest BCUT2D eigenvalue weighted by Gasteiger charge is -2.11. The molecule has 0 saturated carbocycles. The van der Waals surface area contributed by atoms with Crippen LogP contribution < -0.4 is 15.6 Å². The van der Waals surface area contributed by atoms with Gasteiger partial charge in [-0.15, -0.1) is 0 Å². The van der Waals surface area contributed by atoms with Gasteiger partial charge in [0.15, 0.2) is 6.61 Å². The fraction of sp³-hybridized carbons (Fsp3) is 0.214. The molecule has 0 saturated heterocycles. The highest BCUT2D eigenvalue weighted by atomic mass is 16.5. The predicted octanol–water partition coefficient (Wildman–Crippen LogP) is 0.470. The van der Waals surface area contributed by atoms with Crippen LogP contribution in [0.4, 0.5) is 0 Å². The third-order valence-corrected chi connectivity index (χ3v) is 2.46. The predicted molar refractivity (Wildman–Crippen MR) is 74.5 cm³/mol. The minimum atomic E-state index is -1.25. The SMILES string of the molecule is Cc1cccc(C)c1OCC(=O)NNC(=O)C=CC(=O)O. The zero-order valence-electron chi connectivity index (χ0n) is 11.7. The van der Waals surface area contributed by atoms with Crippen molar-refractivity contribution < 1.29 is 24.2 Å². The summed E-state index contributed by atoms with van der Waals surface area (Å²) in [6, 6.07) is 5.60. The maximum atomic E-state index is 11.5. The Hall–Kier alpha value is -2.83. The van der Waals surface area contributed by atoms with Gasteiger partial charge in [0.25, 0.3) is 11.8 Å². The van der Waals surface area contributed by atoms with Crippen molar-refractivity contribution >= 4 is 17.8 Å². The Balaban J connectivity index is 2.41. The van der Waals surface area contributed by atoms with Crippen molar-refractivity contribution in [3.05, 3.63) is 41.5 Å². The summed E-state index contributed by atoms with van der Waals surface area (Å²) >= 11 is 0. The van der Waals surface area contributed by atoms with Crippen molar-refractivity contribution in [2.45, 2.75) is 13.8 Å². The first-order valence-electron chi connectivity index (χ1n) is 6.09. The van der Waals surface area contributed by atoms with Crippen LogP contribution in [-0.2, 0) is 14.4 Å². The lowest BCUT2D eigenvalue weighted by molar-refractivity contribution is -0.131. The summed E-state index contributed by atoms with van der Waals surface area (Å²) in [7, 11) is 0. The van der Waals surface area contributed by atoms with Gasteiger partial charge in [0, 0.05) is 12.2 Å². The number of carbonyl (C=O) groups is 3. The van der Waals surface area contributed by atoms with Gasteiger partial charge < -0.3 is 9.84 Å². The molecule has 0 unspecified atom stereocenters. The summed E-state index contributed by atoms with van der Waals surface area (Å²) in [6.07, 6.45) is 1.45. The van der Waals surface area contributed by atoms with Crippen LogP contribution in [-0.4, -0.2) is 29.5 Å². The Morgan fingerprint density at radius 3 is 2.33 bits per heavy atom. The van der Waals surface area contributed by atoms with Gasteiger partial charge in [-0.1, -0.05) is 18.2 Å². The van der Waals surface area contributed by atoms with Crippen molar-refractivity contribution in [1.29, 1.82) is 0 Å². The van der Waals surface area contributed by atoms with E-state index >= 15 is 0 Å². The number of hydrogen-bond donors (Lipinski definition) is 3. The molecule has 0 heterocycles. The van der Waals surface area contributed by atoms with E-state index in [2.05, 4.69) is 5.43 Å². The van der Waals surface area contributed by atoms with Gasteiger partial charge in [-0.05, 0) is 25.0 Å². The molecule has 0 fully saturated rings. The Labute approximate surface area is 121 Å². The van der Waals surface area contributed by atoms with Crippen LogP contribution >= 0.6 is 0 Å². The van der Waals surface area contributed by atoms with E-state index < -0.39 is 17.8 Å². The Bertz CT molecular complexity index is 560. The molecular formula is C14H16N2O5. The molecule has 2 amide bonds. The largest absolute Gasteiger partial charge is 0.483 e. The van der Waals surface area contributed by atoms with Gasteiger partial charge in [0.1, 0.15) is 5.75 Å². The molecule has 7 nitrogen and oxygen atoms in total. The van der Waals surface area contributed by atoms with Gasteiger partial charge in [0.05, 0.1) is 0 Å². The van der Waals surface area contributed by atoms with Crippen molar-refractivity contribution in [1.82, 2.24) is 10.9 Å². The number of carboxylic acid groups (broad SMARTS) is 1. The molecule has 0 aromatic heterocycles. The van der Waals surface area contributed by atoms with E-state index in [1.165, 1.54) is 0 Å². The van der Waals surface area contributed by atoms with E-state index in [1.807, 2.05) is 37.5 Å². The first-order chi connectivity index (χ1) is 9.90. The number of para-hydroxylation sites is 1. The Kier molecular flexibility index (Phi) is 5.94. The molecule has 21 heavy (non-hydrogen) atoms. The molecule has 0 radical (unpaired) electrons. The van der Waals surface area contributed by atoms with Gasteiger partial charge in [-0.3, -0.25) is 20.4 Å². The standard InChI is InChI=1S/C14H16N2O5/c1-9-4-3-5-10(2)14(9)21-8-12(18)16-15-11(17)6-7-13(19)20/h3-7H,8H2,1-2H3,(H,15,17)(H,16,18)(H,19,20). The molecule has 0 bridgehead atoms. The van der Waals surface area contributed by atoms with Gasteiger partial charge in [-0.2, -0.15) is 0 Å². The Morgan fingerprint density at radius 2 is 1.76 bits per heavy atom. The fourth-order valence-electron chi connectivity index (χ4n) is 1.52. The molecule has 112 valence electrons. The summed E-state index contributed by atoms with van der Waals surface area (Å²) in [5.41, 5.74) is 5.94. The first kappa shape index (κ1) is 16.2. The van der Waals surface area contributed by atoms with E-state index in [0.29, 0.717) is 11.8 Å². The molecular weight excluding hydrogens is 276 g/mol. The molecule has 7 heteroatoms. The number of carboxylic acids is 1. The minimum Gasteiger partial charge on any atom is -0.483 e. The van der Waals surface area contributed by atoms with E-state index in [-0.39, 0.29) is 6.61 Å². The molecule has 1 rings (SSSR count). The third-order valence-electron chi connectivity index (χ3n) is 2.46. The number of hydrogen-bond acceptors (Lipinski definition) is 4. The fourth-order valence-corrected chi connectivity index (χ4v) is 1.52. The third kappa shape index (κ3) is 5.77. The van der Waals surface area contributed by atoms with Crippen LogP contribution in [0.5, 0.6) is 5.75 Å². The minimum absolute atomic E-state index is 0.269. The van der Waals surface area contributed by atoms with Crippen LogP contribution in [0.25, 0.3) is 0 Å². The topological polar surface area (TPSA) is 105 Å². The van der Waals surface area contributed by atoms with E-state index in [0.717, 1.165) is 17.2 Å². The lowest BCUT2D eigenvalue weighted by atomic mass is 10.1. The highest BCUT2D eigenvalue weighted by Gasteiger charge is 2.07. The van der Waals surface area contributed by atoms with Crippen LogP contribution in [0, 0.1) is 13.8 Å². The molecule has 0 spiro atoms. The van der Waals surface area contributed by atoms with E-state index in [9.17, 15) is 14.4 Å². The quantitative estimate of drug-likeness (QED) is 0.540. The normalized spacial score (nSPS) is 10.2. The number of amides is 2. The average Bonchev–Trinajstić information content (AvgIpc) is 2.42. The number of hydrazine groups is 1. The number of benzene rings is 1.